The number of benzene rings is 1. The summed E-state index contributed by atoms with van der Waals surface area (Å²) < 4.78 is 6.71. The van der Waals surface area contributed by atoms with Gasteiger partial charge in [0.2, 0.25) is 0 Å². The third kappa shape index (κ3) is 4.21. The molecule has 0 N–H and O–H groups in total. The summed E-state index contributed by atoms with van der Waals surface area (Å²) >= 11 is 1.74. The number of rotatable bonds is 6. The van der Waals surface area contributed by atoms with E-state index in [2.05, 4.69) is 55.7 Å². The van der Waals surface area contributed by atoms with Gasteiger partial charge in [-0.05, 0) is 34.9 Å². The lowest BCUT2D eigenvalue weighted by Crippen LogP contribution is -2.47. The van der Waals surface area contributed by atoms with Crippen LogP contribution in [0.1, 0.15) is 19.4 Å². The van der Waals surface area contributed by atoms with Crippen molar-refractivity contribution < 1.29 is 9.53 Å². The average Bonchev–Trinajstić information content (AvgIpc) is 3.08. The van der Waals surface area contributed by atoms with Crippen LogP contribution in [0.15, 0.2) is 53.9 Å². The first-order valence-electron chi connectivity index (χ1n) is 7.91. The fourth-order valence-corrected chi connectivity index (χ4v) is 7.08. The number of ether oxygens (including phenoxy) is 1. The highest BCUT2D eigenvalue weighted by Gasteiger charge is 2.39. The summed E-state index contributed by atoms with van der Waals surface area (Å²) in [5.41, 5.74) is 2.10. The molecule has 122 valence electrons. The number of allylic oxidation sites excluding steroid dienone is 1. The Morgan fingerprint density at radius 3 is 2.48 bits per heavy atom. The summed E-state index contributed by atoms with van der Waals surface area (Å²) in [6, 6.07) is 14.4. The molecular formula is C19H24O2SSi. The van der Waals surface area contributed by atoms with E-state index in [4.69, 9.17) is 4.74 Å². The smallest absolute Gasteiger partial charge is 0.310 e. The van der Waals surface area contributed by atoms with Crippen LogP contribution in [0.25, 0.3) is 5.57 Å². The number of hydrogen-bond acceptors (Lipinski definition) is 3. The van der Waals surface area contributed by atoms with E-state index in [0.29, 0.717) is 6.61 Å². The van der Waals surface area contributed by atoms with Crippen molar-refractivity contribution in [2.75, 3.05) is 6.61 Å². The molecule has 2 aromatic rings. The van der Waals surface area contributed by atoms with Crippen LogP contribution in [0.2, 0.25) is 18.6 Å². The van der Waals surface area contributed by atoms with Crippen molar-refractivity contribution in [2.24, 2.45) is 0 Å². The van der Waals surface area contributed by atoms with Gasteiger partial charge in [0.25, 0.3) is 0 Å². The van der Waals surface area contributed by atoms with E-state index in [1.807, 2.05) is 25.1 Å². The van der Waals surface area contributed by atoms with Gasteiger partial charge in [-0.2, -0.15) is 11.3 Å². The Hall–Kier alpha value is -1.65. The van der Waals surface area contributed by atoms with Crippen LogP contribution < -0.4 is 4.50 Å². The van der Waals surface area contributed by atoms with E-state index >= 15 is 0 Å². The highest BCUT2D eigenvalue weighted by molar-refractivity contribution is 7.26. The Morgan fingerprint density at radius 2 is 1.91 bits per heavy atom. The van der Waals surface area contributed by atoms with E-state index < -0.39 is 8.07 Å². The molecule has 0 amide bonds. The van der Waals surface area contributed by atoms with Gasteiger partial charge in [-0.25, -0.2) is 0 Å². The van der Waals surface area contributed by atoms with Crippen molar-refractivity contribution in [1.29, 1.82) is 0 Å². The maximum Gasteiger partial charge on any atom is 0.310 e. The first-order valence-corrected chi connectivity index (χ1v) is 11.9. The lowest BCUT2D eigenvalue weighted by Gasteiger charge is -2.28. The fourth-order valence-electron chi connectivity index (χ4n) is 2.65. The summed E-state index contributed by atoms with van der Waals surface area (Å²) in [7, 11) is -1.99. The predicted molar refractivity (Wildman–Crippen MR) is 102 cm³/mol. The van der Waals surface area contributed by atoms with Gasteiger partial charge in [0.1, 0.15) is 8.07 Å². The van der Waals surface area contributed by atoms with E-state index in [0.717, 1.165) is 11.1 Å². The number of carbonyl (C=O) groups excluding carboxylic acids is 1. The second kappa shape index (κ2) is 7.75. The van der Waals surface area contributed by atoms with E-state index in [1.165, 1.54) is 4.50 Å². The maximum atomic E-state index is 12.6. The Morgan fingerprint density at radius 1 is 1.22 bits per heavy atom. The molecule has 1 aromatic carbocycles. The molecule has 0 saturated heterocycles. The van der Waals surface area contributed by atoms with Crippen LogP contribution in [-0.4, -0.2) is 20.7 Å². The second-order valence-corrected chi connectivity index (χ2v) is 12.1. The molecule has 0 aliphatic heterocycles. The van der Waals surface area contributed by atoms with Gasteiger partial charge in [0.05, 0.1) is 12.1 Å². The van der Waals surface area contributed by atoms with Gasteiger partial charge in [0.15, 0.2) is 0 Å². The van der Waals surface area contributed by atoms with Gasteiger partial charge >= 0.3 is 5.97 Å². The molecule has 1 unspecified atom stereocenters. The molecule has 2 rings (SSSR count). The van der Waals surface area contributed by atoms with E-state index in [-0.39, 0.29) is 11.5 Å². The fraction of sp³-hybridized carbons (Fsp3) is 0.316. The average molecular weight is 345 g/mol. The normalized spacial score (nSPS) is 13.7. The van der Waals surface area contributed by atoms with Gasteiger partial charge < -0.3 is 4.74 Å². The molecule has 1 heterocycles. The van der Waals surface area contributed by atoms with Gasteiger partial charge in [0, 0.05) is 0 Å². The predicted octanol–water partition coefficient (Wildman–Crippen LogP) is 4.70. The number of carbonyl (C=O) groups is 1. The molecule has 0 saturated carbocycles. The first-order chi connectivity index (χ1) is 11.0. The number of esters is 1. The molecule has 2 nitrogen and oxygen atoms in total. The molecule has 0 spiro atoms. The van der Waals surface area contributed by atoms with Crippen molar-refractivity contribution in [3.05, 3.63) is 59.5 Å². The maximum absolute atomic E-state index is 12.6. The Kier molecular flexibility index (Phi) is 5.96. The van der Waals surface area contributed by atoms with Crippen molar-refractivity contribution in [1.82, 2.24) is 0 Å². The zero-order valence-electron chi connectivity index (χ0n) is 14.2. The standard InChI is InChI=1S/C19H24O2SSi/c1-5-21-19(20)17(23(3,4)18-12-9-13-22-18)14-15(2)16-10-7-6-8-11-16/h6-14,17H,5H2,1-4H3/b15-14+. The number of thiophene rings is 1. The zero-order valence-corrected chi connectivity index (χ0v) is 16.0. The van der Waals surface area contributed by atoms with Gasteiger partial charge in [-0.15, -0.1) is 0 Å². The van der Waals surface area contributed by atoms with Crippen LogP contribution in [0.5, 0.6) is 0 Å². The minimum atomic E-state index is -1.99. The molecular weight excluding hydrogens is 320 g/mol. The summed E-state index contributed by atoms with van der Waals surface area (Å²) in [6.07, 6.45) is 2.11. The highest BCUT2D eigenvalue weighted by Crippen LogP contribution is 2.30. The van der Waals surface area contributed by atoms with E-state index in [9.17, 15) is 4.79 Å². The highest BCUT2D eigenvalue weighted by atomic mass is 32.1. The molecule has 4 heteroatoms. The van der Waals surface area contributed by atoms with Crippen molar-refractivity contribution in [3.8, 4) is 0 Å². The van der Waals surface area contributed by atoms with Crippen LogP contribution in [-0.2, 0) is 9.53 Å². The molecule has 0 radical (unpaired) electrons. The van der Waals surface area contributed by atoms with Crippen LogP contribution in [0.4, 0.5) is 0 Å². The minimum absolute atomic E-state index is 0.104. The topological polar surface area (TPSA) is 26.3 Å². The molecule has 1 aromatic heterocycles. The van der Waals surface area contributed by atoms with Gasteiger partial charge in [-0.1, -0.05) is 61.6 Å². The van der Waals surface area contributed by atoms with Crippen molar-refractivity contribution >= 4 is 35.5 Å². The Labute approximate surface area is 143 Å². The molecule has 0 bridgehead atoms. The van der Waals surface area contributed by atoms with E-state index in [1.54, 1.807) is 11.3 Å². The first kappa shape index (κ1) is 17.7. The van der Waals surface area contributed by atoms with Crippen LogP contribution in [0, 0.1) is 0 Å². The molecule has 0 fully saturated rings. The lowest BCUT2D eigenvalue weighted by molar-refractivity contribution is -0.142. The minimum Gasteiger partial charge on any atom is -0.466 e. The quantitative estimate of drug-likeness (QED) is 0.561. The molecule has 1 atom stereocenters. The summed E-state index contributed by atoms with van der Waals surface area (Å²) in [5, 5.41) is 2.08. The molecule has 0 aliphatic rings. The molecule has 23 heavy (non-hydrogen) atoms. The lowest BCUT2D eigenvalue weighted by atomic mass is 10.1. The van der Waals surface area contributed by atoms with Crippen molar-refractivity contribution in [3.63, 3.8) is 0 Å². The second-order valence-electron chi connectivity index (χ2n) is 6.14. The van der Waals surface area contributed by atoms with Crippen molar-refractivity contribution in [2.45, 2.75) is 32.5 Å². The summed E-state index contributed by atoms with van der Waals surface area (Å²) in [6.45, 7) is 8.84. The third-order valence-electron chi connectivity index (χ3n) is 4.12. The van der Waals surface area contributed by atoms with Crippen LogP contribution in [0.3, 0.4) is 0 Å². The Balaban J connectivity index is 2.41. The van der Waals surface area contributed by atoms with Gasteiger partial charge in [-0.3, -0.25) is 4.79 Å². The Bertz CT molecular complexity index is 660. The number of hydrogen-bond donors (Lipinski definition) is 0. The zero-order chi connectivity index (χ0) is 16.9. The molecule has 0 aliphatic carbocycles. The SMILES string of the molecule is CCOC(=O)C(/C=C(\C)c1ccccc1)[Si](C)(C)c1cccs1. The summed E-state index contributed by atoms with van der Waals surface area (Å²) in [4.78, 5) is 12.6. The summed E-state index contributed by atoms with van der Waals surface area (Å²) in [5.74, 6) is -0.104. The monoisotopic (exact) mass is 344 g/mol. The van der Waals surface area contributed by atoms with Crippen LogP contribution >= 0.6 is 11.3 Å². The third-order valence-corrected chi connectivity index (χ3v) is 10.1. The largest absolute Gasteiger partial charge is 0.466 e.